The normalized spacial score (nSPS) is 10.2. The van der Waals surface area contributed by atoms with E-state index in [9.17, 15) is 14.0 Å². The van der Waals surface area contributed by atoms with E-state index in [1.807, 2.05) is 0 Å². The molecule has 0 saturated heterocycles. The Kier molecular flexibility index (Phi) is 4.23. The minimum atomic E-state index is -0.710. The Labute approximate surface area is 125 Å². The molecule has 0 radical (unpaired) electrons. The Morgan fingerprint density at radius 1 is 1.14 bits per heavy atom. The molecule has 0 fully saturated rings. The molecule has 2 aromatic rings. The highest BCUT2D eigenvalue weighted by molar-refractivity contribution is 6.34. The van der Waals surface area contributed by atoms with Gasteiger partial charge in [-0.05, 0) is 37.3 Å². The van der Waals surface area contributed by atoms with Crippen molar-refractivity contribution in [2.75, 3.05) is 5.32 Å². The highest BCUT2D eigenvalue weighted by Gasteiger charge is 2.14. The summed E-state index contributed by atoms with van der Waals surface area (Å²) < 4.78 is 13.6. The molecule has 0 atom stereocenters. The van der Waals surface area contributed by atoms with Crippen molar-refractivity contribution in [3.05, 3.63) is 63.9 Å². The molecule has 0 aromatic heterocycles. The maximum atomic E-state index is 13.6. The van der Waals surface area contributed by atoms with Crippen molar-refractivity contribution in [3.8, 4) is 0 Å². The van der Waals surface area contributed by atoms with Crippen LogP contribution >= 0.6 is 11.6 Å². The van der Waals surface area contributed by atoms with Crippen molar-refractivity contribution in [2.24, 2.45) is 5.73 Å². The molecule has 0 aliphatic carbocycles. The van der Waals surface area contributed by atoms with Crippen LogP contribution in [0.2, 0.25) is 5.02 Å². The number of amides is 2. The van der Waals surface area contributed by atoms with E-state index in [4.69, 9.17) is 17.3 Å². The SMILES string of the molecule is Cc1ccc(F)c(C(=O)Nc2ccc(Cl)c(C(N)=O)c2)c1. The van der Waals surface area contributed by atoms with Crippen LogP contribution in [0.4, 0.5) is 10.1 Å². The van der Waals surface area contributed by atoms with Crippen molar-refractivity contribution in [1.82, 2.24) is 0 Å². The number of hydrogen-bond acceptors (Lipinski definition) is 2. The molecule has 0 unspecified atom stereocenters. The summed E-state index contributed by atoms with van der Waals surface area (Å²) in [4.78, 5) is 23.2. The third-order valence-electron chi connectivity index (χ3n) is 2.86. The van der Waals surface area contributed by atoms with E-state index in [2.05, 4.69) is 5.32 Å². The average molecular weight is 307 g/mol. The van der Waals surface area contributed by atoms with Crippen molar-refractivity contribution in [2.45, 2.75) is 6.92 Å². The summed E-state index contributed by atoms with van der Waals surface area (Å²) in [5.74, 6) is -1.95. The van der Waals surface area contributed by atoms with Gasteiger partial charge in [-0.2, -0.15) is 0 Å². The Balaban J connectivity index is 2.29. The molecule has 0 spiro atoms. The third kappa shape index (κ3) is 3.38. The first-order chi connectivity index (χ1) is 9.88. The number of anilines is 1. The number of nitrogens with one attached hydrogen (secondary N) is 1. The topological polar surface area (TPSA) is 72.2 Å². The summed E-state index contributed by atoms with van der Waals surface area (Å²) in [7, 11) is 0. The van der Waals surface area contributed by atoms with Crippen LogP contribution in [0.5, 0.6) is 0 Å². The van der Waals surface area contributed by atoms with E-state index < -0.39 is 17.6 Å². The maximum absolute atomic E-state index is 13.6. The summed E-state index contributed by atoms with van der Waals surface area (Å²) in [5.41, 5.74) is 6.24. The van der Waals surface area contributed by atoms with Crippen molar-refractivity contribution in [1.29, 1.82) is 0 Å². The largest absolute Gasteiger partial charge is 0.366 e. The fraction of sp³-hybridized carbons (Fsp3) is 0.0667. The van der Waals surface area contributed by atoms with E-state index in [1.54, 1.807) is 13.0 Å². The Hall–Kier alpha value is -2.40. The lowest BCUT2D eigenvalue weighted by atomic mass is 10.1. The van der Waals surface area contributed by atoms with Crippen molar-refractivity contribution in [3.63, 3.8) is 0 Å². The van der Waals surface area contributed by atoms with Gasteiger partial charge in [0.2, 0.25) is 5.91 Å². The summed E-state index contributed by atoms with van der Waals surface area (Å²) in [5, 5.41) is 2.69. The monoisotopic (exact) mass is 306 g/mol. The fourth-order valence-corrected chi connectivity index (χ4v) is 2.01. The highest BCUT2D eigenvalue weighted by atomic mass is 35.5. The van der Waals surface area contributed by atoms with Crippen LogP contribution in [0.15, 0.2) is 36.4 Å². The number of rotatable bonds is 3. The fourth-order valence-electron chi connectivity index (χ4n) is 1.80. The molecule has 0 bridgehead atoms. The predicted octanol–water partition coefficient (Wildman–Crippen LogP) is 3.14. The van der Waals surface area contributed by atoms with E-state index in [0.29, 0.717) is 5.69 Å². The number of carbonyl (C=O) groups excluding carboxylic acids is 2. The molecule has 6 heteroatoms. The van der Waals surface area contributed by atoms with Gasteiger partial charge in [-0.15, -0.1) is 0 Å². The minimum absolute atomic E-state index is 0.0782. The maximum Gasteiger partial charge on any atom is 0.258 e. The summed E-state index contributed by atoms with van der Waals surface area (Å²) >= 11 is 5.82. The smallest absolute Gasteiger partial charge is 0.258 e. The van der Waals surface area contributed by atoms with Gasteiger partial charge in [0.1, 0.15) is 5.82 Å². The highest BCUT2D eigenvalue weighted by Crippen LogP contribution is 2.21. The zero-order chi connectivity index (χ0) is 15.6. The summed E-state index contributed by atoms with van der Waals surface area (Å²) in [6.45, 7) is 1.75. The van der Waals surface area contributed by atoms with Crippen LogP contribution in [0.1, 0.15) is 26.3 Å². The number of halogens is 2. The number of hydrogen-bond donors (Lipinski definition) is 2. The van der Waals surface area contributed by atoms with Crippen molar-refractivity contribution < 1.29 is 14.0 Å². The first kappa shape index (κ1) is 15.0. The average Bonchev–Trinajstić information content (AvgIpc) is 2.43. The number of primary amides is 1. The Bertz CT molecular complexity index is 732. The van der Waals surface area contributed by atoms with Crippen LogP contribution < -0.4 is 11.1 Å². The second-order valence-electron chi connectivity index (χ2n) is 4.50. The predicted molar refractivity (Wildman–Crippen MR) is 79.1 cm³/mol. The van der Waals surface area contributed by atoms with Crippen LogP contribution in [-0.2, 0) is 0 Å². The van der Waals surface area contributed by atoms with Gasteiger partial charge in [-0.1, -0.05) is 23.2 Å². The van der Waals surface area contributed by atoms with Crippen LogP contribution in [0.3, 0.4) is 0 Å². The molecule has 2 rings (SSSR count). The molecule has 0 aliphatic heterocycles. The molecular weight excluding hydrogens is 295 g/mol. The van der Waals surface area contributed by atoms with Crippen LogP contribution in [-0.4, -0.2) is 11.8 Å². The zero-order valence-corrected chi connectivity index (χ0v) is 11.9. The lowest BCUT2D eigenvalue weighted by Crippen LogP contribution is -2.16. The van der Waals surface area contributed by atoms with Gasteiger partial charge in [-0.3, -0.25) is 9.59 Å². The standard InChI is InChI=1S/C15H12ClFN2O2/c1-8-2-5-13(17)11(6-8)15(21)19-9-3-4-12(16)10(7-9)14(18)20/h2-7H,1H3,(H2,18,20)(H,19,21). The quantitative estimate of drug-likeness (QED) is 0.914. The van der Waals surface area contributed by atoms with Gasteiger partial charge in [-0.25, -0.2) is 4.39 Å². The van der Waals surface area contributed by atoms with Gasteiger partial charge < -0.3 is 11.1 Å². The molecule has 4 nitrogen and oxygen atoms in total. The number of benzene rings is 2. The van der Waals surface area contributed by atoms with Crippen LogP contribution in [0, 0.1) is 12.7 Å². The summed E-state index contributed by atoms with van der Waals surface area (Å²) in [6.07, 6.45) is 0. The molecule has 2 amide bonds. The van der Waals surface area contributed by atoms with Gasteiger partial charge in [0.15, 0.2) is 0 Å². The Morgan fingerprint density at radius 2 is 1.86 bits per heavy atom. The van der Waals surface area contributed by atoms with E-state index >= 15 is 0 Å². The number of carbonyl (C=O) groups is 2. The lowest BCUT2D eigenvalue weighted by molar-refractivity contribution is 0.0995. The van der Waals surface area contributed by atoms with Gasteiger partial charge >= 0.3 is 0 Å². The number of aryl methyl sites for hydroxylation is 1. The molecule has 21 heavy (non-hydrogen) atoms. The summed E-state index contributed by atoms with van der Waals surface area (Å²) in [6, 6.07) is 8.51. The minimum Gasteiger partial charge on any atom is -0.366 e. The molecule has 3 N–H and O–H groups in total. The van der Waals surface area contributed by atoms with Crippen molar-refractivity contribution >= 4 is 29.1 Å². The van der Waals surface area contributed by atoms with Crippen LogP contribution in [0.25, 0.3) is 0 Å². The lowest BCUT2D eigenvalue weighted by Gasteiger charge is -2.08. The first-order valence-electron chi connectivity index (χ1n) is 6.05. The van der Waals surface area contributed by atoms with E-state index in [-0.39, 0.29) is 16.1 Å². The molecule has 0 heterocycles. The van der Waals surface area contributed by atoms with E-state index in [1.165, 1.54) is 30.3 Å². The first-order valence-corrected chi connectivity index (χ1v) is 6.43. The van der Waals surface area contributed by atoms with Gasteiger partial charge in [0.25, 0.3) is 5.91 Å². The molecule has 108 valence electrons. The third-order valence-corrected chi connectivity index (χ3v) is 3.19. The molecule has 0 saturated carbocycles. The molecular formula is C15H12ClFN2O2. The molecule has 2 aromatic carbocycles. The Morgan fingerprint density at radius 3 is 2.52 bits per heavy atom. The van der Waals surface area contributed by atoms with Gasteiger partial charge in [0, 0.05) is 5.69 Å². The number of nitrogens with two attached hydrogens (primary N) is 1. The molecule has 0 aliphatic rings. The second kappa shape index (κ2) is 5.93. The second-order valence-corrected chi connectivity index (χ2v) is 4.90. The van der Waals surface area contributed by atoms with Gasteiger partial charge in [0.05, 0.1) is 16.1 Å². The van der Waals surface area contributed by atoms with E-state index in [0.717, 1.165) is 5.56 Å². The zero-order valence-electron chi connectivity index (χ0n) is 11.1.